The van der Waals surface area contributed by atoms with Gasteiger partial charge in [0.25, 0.3) is 5.91 Å². The zero-order chi connectivity index (χ0) is 14.8. The number of fused-ring (bicyclic) bond motifs is 1. The third-order valence-corrected chi connectivity index (χ3v) is 4.36. The smallest absolute Gasteiger partial charge is 0.253 e. The first-order valence-electron chi connectivity index (χ1n) is 7.14. The largest absolute Gasteiger partial charge is 0.393 e. The maximum Gasteiger partial charge on any atom is 0.253 e. The lowest BCUT2D eigenvalue weighted by Gasteiger charge is -2.12. The van der Waals surface area contributed by atoms with Gasteiger partial charge in [-0.1, -0.05) is 35.9 Å². The molecule has 0 saturated heterocycles. The van der Waals surface area contributed by atoms with Crippen molar-refractivity contribution in [1.29, 1.82) is 0 Å². The second-order valence-electron chi connectivity index (χ2n) is 5.55. The Kier molecular flexibility index (Phi) is 4.08. The molecule has 1 heterocycles. The van der Waals surface area contributed by atoms with Crippen LogP contribution in [0.3, 0.4) is 0 Å². The molecule has 3 rings (SSSR count). The van der Waals surface area contributed by atoms with Gasteiger partial charge in [-0.25, -0.2) is 4.98 Å². The molecule has 1 aromatic carbocycles. The Morgan fingerprint density at radius 2 is 2.10 bits per heavy atom. The molecular formula is C16H17ClN2O2. The van der Waals surface area contributed by atoms with E-state index in [0.717, 1.165) is 30.0 Å². The number of carbonyl (C=O) groups excluding carboxylic acids is 1. The summed E-state index contributed by atoms with van der Waals surface area (Å²) in [6.07, 6.45) is 3.85. The highest BCUT2D eigenvalue weighted by molar-refractivity contribution is 6.34. The van der Waals surface area contributed by atoms with E-state index in [-0.39, 0.29) is 12.0 Å². The first-order valence-corrected chi connectivity index (χ1v) is 7.52. The first kappa shape index (κ1) is 14.3. The van der Waals surface area contributed by atoms with Crippen LogP contribution in [0.5, 0.6) is 0 Å². The number of carbonyl (C=O) groups is 1. The second-order valence-corrected chi connectivity index (χ2v) is 5.91. The molecule has 2 N–H and O–H groups in total. The van der Waals surface area contributed by atoms with Gasteiger partial charge in [-0.15, -0.1) is 0 Å². The highest BCUT2D eigenvalue weighted by Gasteiger charge is 2.23. The maximum absolute atomic E-state index is 12.4. The molecule has 1 aliphatic carbocycles. The molecule has 0 aliphatic heterocycles. The van der Waals surface area contributed by atoms with Crippen molar-refractivity contribution in [1.82, 2.24) is 10.3 Å². The fraction of sp³-hybridized carbons (Fsp3) is 0.375. The minimum Gasteiger partial charge on any atom is -0.393 e. The van der Waals surface area contributed by atoms with Crippen molar-refractivity contribution in [3.8, 4) is 0 Å². The maximum atomic E-state index is 12.4. The number of aliphatic hydroxyl groups is 1. The van der Waals surface area contributed by atoms with Crippen LogP contribution in [0.4, 0.5) is 0 Å². The summed E-state index contributed by atoms with van der Waals surface area (Å²) in [5, 5.41) is 14.4. The van der Waals surface area contributed by atoms with Gasteiger partial charge < -0.3 is 10.4 Å². The van der Waals surface area contributed by atoms with E-state index < -0.39 is 0 Å². The third kappa shape index (κ3) is 3.01. The summed E-state index contributed by atoms with van der Waals surface area (Å²) in [4.78, 5) is 16.4. The fourth-order valence-electron chi connectivity index (χ4n) is 2.91. The van der Waals surface area contributed by atoms with Crippen LogP contribution >= 0.6 is 11.6 Å². The molecule has 1 aliphatic rings. The normalized spacial score (nSPS) is 21.6. The minimum absolute atomic E-state index is 0.142. The molecule has 1 fully saturated rings. The summed E-state index contributed by atoms with van der Waals surface area (Å²) < 4.78 is 0. The topological polar surface area (TPSA) is 62.2 Å². The van der Waals surface area contributed by atoms with Crippen LogP contribution in [-0.4, -0.2) is 28.6 Å². The average Bonchev–Trinajstić information content (AvgIpc) is 2.91. The molecular weight excluding hydrogens is 288 g/mol. The van der Waals surface area contributed by atoms with Crippen molar-refractivity contribution in [2.75, 3.05) is 6.54 Å². The first-order chi connectivity index (χ1) is 10.1. The van der Waals surface area contributed by atoms with Crippen LogP contribution in [0.25, 0.3) is 10.8 Å². The van der Waals surface area contributed by atoms with E-state index in [1.165, 1.54) is 6.20 Å². The Labute approximate surface area is 128 Å². The van der Waals surface area contributed by atoms with Crippen LogP contribution in [0, 0.1) is 5.92 Å². The number of nitrogens with zero attached hydrogens (tertiary/aromatic N) is 1. The predicted octanol–water partition coefficient (Wildman–Crippen LogP) is 2.78. The number of pyridine rings is 1. The number of nitrogens with one attached hydrogen (secondary N) is 1. The number of benzene rings is 1. The quantitative estimate of drug-likeness (QED) is 0.857. The summed E-state index contributed by atoms with van der Waals surface area (Å²) in [7, 11) is 0. The van der Waals surface area contributed by atoms with Crippen molar-refractivity contribution < 1.29 is 9.90 Å². The zero-order valence-corrected chi connectivity index (χ0v) is 12.3. The summed E-state index contributed by atoms with van der Waals surface area (Å²) >= 11 is 6.06. The van der Waals surface area contributed by atoms with E-state index in [0.29, 0.717) is 23.2 Å². The van der Waals surface area contributed by atoms with Crippen LogP contribution < -0.4 is 5.32 Å². The molecule has 4 nitrogen and oxygen atoms in total. The molecule has 0 bridgehead atoms. The number of hydrogen-bond acceptors (Lipinski definition) is 3. The van der Waals surface area contributed by atoms with Crippen molar-refractivity contribution in [2.45, 2.75) is 25.4 Å². The molecule has 2 aromatic rings. The lowest BCUT2D eigenvalue weighted by atomic mass is 10.1. The van der Waals surface area contributed by atoms with Crippen molar-refractivity contribution in [3.63, 3.8) is 0 Å². The molecule has 110 valence electrons. The van der Waals surface area contributed by atoms with E-state index in [1.807, 2.05) is 24.3 Å². The van der Waals surface area contributed by atoms with Gasteiger partial charge in [0, 0.05) is 18.1 Å². The summed E-state index contributed by atoms with van der Waals surface area (Å²) in [5.74, 6) is 0.215. The summed E-state index contributed by atoms with van der Waals surface area (Å²) in [6.45, 7) is 0.590. The molecule has 0 spiro atoms. The molecule has 1 aromatic heterocycles. The molecule has 1 amide bonds. The lowest BCUT2D eigenvalue weighted by molar-refractivity contribution is 0.0946. The fourth-order valence-corrected chi connectivity index (χ4v) is 3.12. The number of halogens is 1. The Bertz CT molecular complexity index is 674. The van der Waals surface area contributed by atoms with Gasteiger partial charge in [0.1, 0.15) is 5.15 Å². The van der Waals surface area contributed by atoms with Crippen LogP contribution in [0.15, 0.2) is 30.5 Å². The number of rotatable bonds is 3. The Morgan fingerprint density at radius 1 is 1.33 bits per heavy atom. The summed E-state index contributed by atoms with van der Waals surface area (Å²) in [6, 6.07) is 7.48. The van der Waals surface area contributed by atoms with Gasteiger partial charge in [0.15, 0.2) is 0 Å². The van der Waals surface area contributed by atoms with Crippen molar-refractivity contribution in [2.24, 2.45) is 5.92 Å². The summed E-state index contributed by atoms with van der Waals surface area (Å²) in [5.41, 5.74) is 0.536. The monoisotopic (exact) mass is 304 g/mol. The molecule has 21 heavy (non-hydrogen) atoms. The third-order valence-electron chi connectivity index (χ3n) is 4.06. The van der Waals surface area contributed by atoms with Crippen LogP contribution in [0.1, 0.15) is 29.6 Å². The van der Waals surface area contributed by atoms with Crippen LogP contribution in [-0.2, 0) is 0 Å². The van der Waals surface area contributed by atoms with E-state index in [1.54, 1.807) is 0 Å². The zero-order valence-electron chi connectivity index (χ0n) is 11.6. The van der Waals surface area contributed by atoms with Gasteiger partial charge >= 0.3 is 0 Å². The van der Waals surface area contributed by atoms with Crippen molar-refractivity contribution in [3.05, 3.63) is 41.2 Å². The van der Waals surface area contributed by atoms with Gasteiger partial charge in [0.2, 0.25) is 0 Å². The molecule has 2 atom stereocenters. The van der Waals surface area contributed by atoms with E-state index in [4.69, 9.17) is 11.6 Å². The molecule has 0 radical (unpaired) electrons. The van der Waals surface area contributed by atoms with Gasteiger partial charge in [0.05, 0.1) is 11.7 Å². The number of hydrogen-bond donors (Lipinski definition) is 2. The number of aromatic nitrogens is 1. The molecule has 1 saturated carbocycles. The highest BCUT2D eigenvalue weighted by Crippen LogP contribution is 2.26. The molecule has 2 unspecified atom stereocenters. The average molecular weight is 305 g/mol. The van der Waals surface area contributed by atoms with E-state index in [9.17, 15) is 9.90 Å². The van der Waals surface area contributed by atoms with Crippen LogP contribution in [0.2, 0.25) is 5.15 Å². The SMILES string of the molecule is O=C(NCC1CCC(O)C1)c1cnc(Cl)c2ccccc12. The highest BCUT2D eigenvalue weighted by atomic mass is 35.5. The molecule has 5 heteroatoms. The number of aliphatic hydroxyl groups excluding tert-OH is 1. The standard InChI is InChI=1S/C16H17ClN2O2/c17-15-13-4-2-1-3-12(13)14(9-18-15)16(21)19-8-10-5-6-11(20)7-10/h1-4,9-11,20H,5-8H2,(H,19,21). The lowest BCUT2D eigenvalue weighted by Crippen LogP contribution is -2.29. The van der Waals surface area contributed by atoms with Gasteiger partial charge in [-0.05, 0) is 30.6 Å². The predicted molar refractivity (Wildman–Crippen MR) is 82.4 cm³/mol. The van der Waals surface area contributed by atoms with Crippen molar-refractivity contribution >= 4 is 28.3 Å². The van der Waals surface area contributed by atoms with Gasteiger partial charge in [-0.2, -0.15) is 0 Å². The Hall–Kier alpha value is -1.65. The second kappa shape index (κ2) is 6.00. The Morgan fingerprint density at radius 3 is 2.81 bits per heavy atom. The Balaban J connectivity index is 1.77. The van der Waals surface area contributed by atoms with E-state index >= 15 is 0 Å². The number of amides is 1. The van der Waals surface area contributed by atoms with Gasteiger partial charge in [-0.3, -0.25) is 4.79 Å². The minimum atomic E-state index is -0.218. The van der Waals surface area contributed by atoms with E-state index in [2.05, 4.69) is 10.3 Å².